The number of aromatic amines is 1. The van der Waals surface area contributed by atoms with Gasteiger partial charge in [0.05, 0.1) is 7.11 Å². The number of nitrogens with zero attached hydrogens (tertiary/aromatic N) is 3. The highest BCUT2D eigenvalue weighted by atomic mass is 16.5. The van der Waals surface area contributed by atoms with Crippen molar-refractivity contribution in [2.24, 2.45) is 0 Å². The molecular weight excluding hydrogens is 332 g/mol. The van der Waals surface area contributed by atoms with Crippen molar-refractivity contribution in [1.82, 2.24) is 14.9 Å². The molecule has 7 heteroatoms. The predicted molar refractivity (Wildman–Crippen MR) is 100 cm³/mol. The summed E-state index contributed by atoms with van der Waals surface area (Å²) in [6.07, 6.45) is 5.48. The van der Waals surface area contributed by atoms with Crippen LogP contribution in [-0.4, -0.2) is 54.1 Å². The van der Waals surface area contributed by atoms with Gasteiger partial charge in [0, 0.05) is 50.2 Å². The summed E-state index contributed by atoms with van der Waals surface area (Å²) in [5.74, 6) is 0.436. The molecule has 2 aromatic heterocycles. The van der Waals surface area contributed by atoms with Gasteiger partial charge in [0.1, 0.15) is 5.69 Å². The SMILES string of the molecule is C=CC(=O)N1CC[C@@H](N(C)c2cc(-c3ccnc(OC)c3)c[nH]c2=O)C1. The van der Waals surface area contributed by atoms with Crippen LogP contribution in [0.2, 0.25) is 0 Å². The molecule has 26 heavy (non-hydrogen) atoms. The van der Waals surface area contributed by atoms with Crippen LogP contribution in [0, 0.1) is 0 Å². The van der Waals surface area contributed by atoms with Gasteiger partial charge in [-0.25, -0.2) is 4.98 Å². The lowest BCUT2D eigenvalue weighted by molar-refractivity contribution is -0.125. The number of methoxy groups -OCH3 is 1. The third kappa shape index (κ3) is 3.46. The maximum Gasteiger partial charge on any atom is 0.271 e. The van der Waals surface area contributed by atoms with Gasteiger partial charge >= 0.3 is 0 Å². The molecule has 0 radical (unpaired) electrons. The van der Waals surface area contributed by atoms with E-state index in [4.69, 9.17) is 4.74 Å². The van der Waals surface area contributed by atoms with E-state index in [1.54, 1.807) is 24.4 Å². The average molecular weight is 354 g/mol. The number of amides is 1. The van der Waals surface area contributed by atoms with Crippen LogP contribution in [0.4, 0.5) is 5.69 Å². The molecule has 1 fully saturated rings. The Labute approximate surface area is 151 Å². The Hall–Kier alpha value is -3.09. The maximum absolute atomic E-state index is 12.4. The van der Waals surface area contributed by atoms with Crippen LogP contribution in [0.5, 0.6) is 5.88 Å². The number of H-pyrrole nitrogens is 1. The van der Waals surface area contributed by atoms with Crippen molar-refractivity contribution in [3.8, 4) is 17.0 Å². The molecule has 0 aromatic carbocycles. The van der Waals surface area contributed by atoms with Gasteiger partial charge in [0.15, 0.2) is 0 Å². The topological polar surface area (TPSA) is 78.5 Å². The van der Waals surface area contributed by atoms with Gasteiger partial charge in [0.2, 0.25) is 11.8 Å². The van der Waals surface area contributed by atoms with Gasteiger partial charge in [-0.2, -0.15) is 0 Å². The highest BCUT2D eigenvalue weighted by Crippen LogP contribution is 2.25. The van der Waals surface area contributed by atoms with Gasteiger partial charge in [0.25, 0.3) is 5.56 Å². The second kappa shape index (κ2) is 7.43. The molecule has 0 bridgehead atoms. The molecule has 1 aliphatic rings. The number of pyridine rings is 2. The monoisotopic (exact) mass is 354 g/mol. The van der Waals surface area contributed by atoms with E-state index in [9.17, 15) is 9.59 Å². The van der Waals surface area contributed by atoms with Gasteiger partial charge in [-0.3, -0.25) is 9.59 Å². The fraction of sp³-hybridized carbons (Fsp3) is 0.316. The summed E-state index contributed by atoms with van der Waals surface area (Å²) in [4.78, 5) is 34.7. The molecule has 1 N–H and O–H groups in total. The predicted octanol–water partition coefficient (Wildman–Crippen LogP) is 1.67. The van der Waals surface area contributed by atoms with Crippen molar-refractivity contribution in [3.05, 3.63) is 53.6 Å². The highest BCUT2D eigenvalue weighted by Gasteiger charge is 2.29. The van der Waals surface area contributed by atoms with Gasteiger partial charge < -0.3 is 19.5 Å². The number of nitrogens with one attached hydrogen (secondary N) is 1. The largest absolute Gasteiger partial charge is 0.481 e. The average Bonchev–Trinajstić information content (AvgIpc) is 3.17. The molecular formula is C19H22N4O3. The van der Waals surface area contributed by atoms with E-state index in [1.165, 1.54) is 6.08 Å². The van der Waals surface area contributed by atoms with Gasteiger partial charge in [-0.15, -0.1) is 0 Å². The van der Waals surface area contributed by atoms with E-state index in [-0.39, 0.29) is 17.5 Å². The molecule has 136 valence electrons. The van der Waals surface area contributed by atoms with Gasteiger partial charge in [-0.1, -0.05) is 6.58 Å². The van der Waals surface area contributed by atoms with Crippen molar-refractivity contribution < 1.29 is 9.53 Å². The van der Waals surface area contributed by atoms with E-state index in [1.807, 2.05) is 30.1 Å². The van der Waals surface area contributed by atoms with E-state index < -0.39 is 0 Å². The Bertz CT molecular complexity index is 877. The molecule has 1 aliphatic heterocycles. The molecule has 7 nitrogen and oxygen atoms in total. The zero-order chi connectivity index (χ0) is 18.7. The summed E-state index contributed by atoms with van der Waals surface area (Å²) in [6, 6.07) is 5.62. The van der Waals surface area contributed by atoms with Crippen LogP contribution in [0.1, 0.15) is 6.42 Å². The van der Waals surface area contributed by atoms with Crippen LogP contribution < -0.4 is 15.2 Å². The van der Waals surface area contributed by atoms with E-state index in [0.29, 0.717) is 24.7 Å². The molecule has 1 atom stereocenters. The maximum atomic E-state index is 12.4. The minimum absolute atomic E-state index is 0.0764. The lowest BCUT2D eigenvalue weighted by atomic mass is 10.1. The molecule has 3 rings (SSSR count). The second-order valence-electron chi connectivity index (χ2n) is 6.23. The summed E-state index contributed by atoms with van der Waals surface area (Å²) in [5.41, 5.74) is 2.17. The molecule has 0 unspecified atom stereocenters. The van der Waals surface area contributed by atoms with Crippen molar-refractivity contribution >= 4 is 11.6 Å². The Kier molecular flexibility index (Phi) is 5.06. The minimum atomic E-state index is -0.161. The zero-order valence-corrected chi connectivity index (χ0v) is 14.9. The van der Waals surface area contributed by atoms with Crippen LogP contribution in [0.25, 0.3) is 11.1 Å². The standard InChI is InChI=1S/C19H22N4O3/c1-4-18(24)23-8-6-15(12-23)22(2)16-9-14(11-21-19(16)25)13-5-7-20-17(10-13)26-3/h4-5,7,9-11,15H,1,6,8,12H2,2-3H3,(H,21,25)/t15-/m1/s1. The lowest BCUT2D eigenvalue weighted by Gasteiger charge is -2.26. The number of likely N-dealkylation sites (N-methyl/N-ethyl adjacent to an activating group) is 1. The lowest BCUT2D eigenvalue weighted by Crippen LogP contribution is -2.38. The third-order valence-electron chi connectivity index (χ3n) is 4.74. The third-order valence-corrected chi connectivity index (χ3v) is 4.74. The first-order valence-corrected chi connectivity index (χ1v) is 8.40. The summed E-state index contributed by atoms with van der Waals surface area (Å²) >= 11 is 0. The van der Waals surface area contributed by atoms with Crippen molar-refractivity contribution in [3.63, 3.8) is 0 Å². The van der Waals surface area contributed by atoms with Crippen molar-refractivity contribution in [1.29, 1.82) is 0 Å². The Morgan fingerprint density at radius 3 is 3.00 bits per heavy atom. The van der Waals surface area contributed by atoms with Crippen LogP contribution in [0.3, 0.4) is 0 Å². The first-order valence-electron chi connectivity index (χ1n) is 8.40. The molecule has 0 spiro atoms. The van der Waals surface area contributed by atoms with Crippen LogP contribution in [-0.2, 0) is 4.79 Å². The molecule has 0 saturated carbocycles. The number of ether oxygens (including phenoxy) is 1. The first-order chi connectivity index (χ1) is 12.5. The van der Waals surface area contributed by atoms with Gasteiger partial charge in [-0.05, 0) is 30.2 Å². The number of anilines is 1. The molecule has 3 heterocycles. The van der Waals surface area contributed by atoms with Crippen molar-refractivity contribution in [2.75, 3.05) is 32.1 Å². The Morgan fingerprint density at radius 2 is 2.27 bits per heavy atom. The summed E-state index contributed by atoms with van der Waals surface area (Å²) in [6.45, 7) is 4.77. The quantitative estimate of drug-likeness (QED) is 0.827. The second-order valence-corrected chi connectivity index (χ2v) is 6.23. The number of hydrogen-bond acceptors (Lipinski definition) is 5. The molecule has 2 aromatic rings. The number of hydrogen-bond donors (Lipinski definition) is 1. The van der Waals surface area contributed by atoms with E-state index in [0.717, 1.165) is 17.5 Å². The number of aromatic nitrogens is 2. The smallest absolute Gasteiger partial charge is 0.271 e. The summed E-state index contributed by atoms with van der Waals surface area (Å²) in [7, 11) is 3.45. The molecule has 1 amide bonds. The minimum Gasteiger partial charge on any atom is -0.481 e. The number of rotatable bonds is 5. The summed E-state index contributed by atoms with van der Waals surface area (Å²) in [5, 5.41) is 0. The van der Waals surface area contributed by atoms with Crippen LogP contribution >= 0.6 is 0 Å². The fourth-order valence-electron chi connectivity index (χ4n) is 3.18. The molecule has 1 saturated heterocycles. The Balaban J connectivity index is 1.87. The van der Waals surface area contributed by atoms with Crippen molar-refractivity contribution in [2.45, 2.75) is 12.5 Å². The zero-order valence-electron chi connectivity index (χ0n) is 14.9. The highest BCUT2D eigenvalue weighted by molar-refractivity contribution is 5.87. The number of likely N-dealkylation sites (tertiary alicyclic amines) is 1. The summed E-state index contributed by atoms with van der Waals surface area (Å²) < 4.78 is 5.16. The normalized spacial score (nSPS) is 16.4. The Morgan fingerprint density at radius 1 is 1.46 bits per heavy atom. The number of carbonyl (C=O) groups is 1. The van der Waals surface area contributed by atoms with Crippen LogP contribution in [0.15, 0.2) is 48.0 Å². The van der Waals surface area contributed by atoms with E-state index in [2.05, 4.69) is 16.5 Å². The first kappa shape index (κ1) is 17.7. The number of carbonyl (C=O) groups excluding carboxylic acids is 1. The molecule has 0 aliphatic carbocycles. The fourth-order valence-corrected chi connectivity index (χ4v) is 3.18. The van der Waals surface area contributed by atoms with E-state index >= 15 is 0 Å².